The van der Waals surface area contributed by atoms with Crippen LogP contribution in [0.5, 0.6) is 0 Å². The van der Waals surface area contributed by atoms with Gasteiger partial charge in [0.05, 0.1) is 5.60 Å². The molecule has 0 aromatic rings. The van der Waals surface area contributed by atoms with Gasteiger partial charge in [0.15, 0.2) is 0 Å². The fraction of sp³-hybridized carbons (Fsp3) is 0.769. The zero-order valence-electron chi connectivity index (χ0n) is 9.84. The van der Waals surface area contributed by atoms with Crippen molar-refractivity contribution >= 4 is 5.78 Å². The molecule has 1 saturated carbocycles. The second kappa shape index (κ2) is 4.81. The monoisotopic (exact) mass is 208 g/mol. The van der Waals surface area contributed by atoms with E-state index in [4.69, 9.17) is 0 Å². The molecule has 0 unspecified atom stereocenters. The molecule has 1 aliphatic carbocycles. The number of rotatable bonds is 1. The lowest BCUT2D eigenvalue weighted by Crippen LogP contribution is -2.38. The lowest BCUT2D eigenvalue weighted by atomic mass is 9.73. The molecule has 0 amide bonds. The summed E-state index contributed by atoms with van der Waals surface area (Å²) in [6, 6.07) is 0. The molecule has 0 saturated heterocycles. The summed E-state index contributed by atoms with van der Waals surface area (Å²) in [6.07, 6.45) is 3.44. The number of hydrogen-bond acceptors (Lipinski definition) is 2. The van der Waals surface area contributed by atoms with E-state index in [1.54, 1.807) is 0 Å². The summed E-state index contributed by atoms with van der Waals surface area (Å²) in [5, 5.41) is 10.2. The van der Waals surface area contributed by atoms with Crippen LogP contribution >= 0.6 is 0 Å². The fourth-order valence-corrected chi connectivity index (χ4v) is 2.04. The molecule has 0 spiro atoms. The van der Waals surface area contributed by atoms with E-state index in [0.29, 0.717) is 11.8 Å². The Morgan fingerprint density at radius 1 is 1.40 bits per heavy atom. The second-order valence-corrected chi connectivity index (χ2v) is 4.86. The van der Waals surface area contributed by atoms with Gasteiger partial charge in [-0.2, -0.15) is 0 Å². The van der Waals surface area contributed by atoms with Gasteiger partial charge in [0.1, 0.15) is 0 Å². The molecule has 0 radical (unpaired) electrons. The molecule has 2 nitrogen and oxygen atoms in total. The molecule has 0 atom stereocenters. The molecule has 1 rings (SSSR count). The minimum Gasteiger partial charge on any atom is -0.390 e. The molecule has 1 aliphatic rings. The van der Waals surface area contributed by atoms with Crippen molar-refractivity contribution in [2.24, 2.45) is 11.8 Å². The standard InChI is InChI=1S/C13H20O2/c1-10(2)13(15)8-6-12(7-9-13)5-4-11(3)14/h10,12,15H,6-9H2,1-3H3. The van der Waals surface area contributed by atoms with Crippen LogP contribution in [0.1, 0.15) is 46.5 Å². The topological polar surface area (TPSA) is 37.3 Å². The number of Topliss-reactive ketones (excluding diaryl/α,β-unsaturated/α-hetero) is 1. The van der Waals surface area contributed by atoms with E-state index in [1.165, 1.54) is 6.92 Å². The van der Waals surface area contributed by atoms with Crippen LogP contribution in [0.25, 0.3) is 0 Å². The first-order valence-corrected chi connectivity index (χ1v) is 5.68. The zero-order valence-corrected chi connectivity index (χ0v) is 9.84. The Labute approximate surface area is 92.1 Å². The highest BCUT2D eigenvalue weighted by molar-refractivity contribution is 5.93. The van der Waals surface area contributed by atoms with E-state index in [0.717, 1.165) is 25.7 Å². The predicted octanol–water partition coefficient (Wildman–Crippen LogP) is 2.16. The third kappa shape index (κ3) is 3.35. The summed E-state index contributed by atoms with van der Waals surface area (Å²) < 4.78 is 0. The van der Waals surface area contributed by atoms with Crippen molar-refractivity contribution < 1.29 is 9.90 Å². The van der Waals surface area contributed by atoms with Gasteiger partial charge in [0.2, 0.25) is 5.78 Å². The highest BCUT2D eigenvalue weighted by Crippen LogP contribution is 2.36. The average molecular weight is 208 g/mol. The maximum Gasteiger partial charge on any atom is 0.202 e. The first kappa shape index (κ1) is 12.3. The highest BCUT2D eigenvalue weighted by atomic mass is 16.3. The Bertz CT molecular complexity index is 285. The van der Waals surface area contributed by atoms with Crippen molar-refractivity contribution in [2.45, 2.75) is 52.1 Å². The van der Waals surface area contributed by atoms with Crippen molar-refractivity contribution in [2.75, 3.05) is 0 Å². The van der Waals surface area contributed by atoms with Gasteiger partial charge in [-0.25, -0.2) is 0 Å². The number of hydrogen-bond donors (Lipinski definition) is 1. The summed E-state index contributed by atoms with van der Waals surface area (Å²) >= 11 is 0. The largest absolute Gasteiger partial charge is 0.390 e. The first-order chi connectivity index (χ1) is 6.94. The minimum atomic E-state index is -0.506. The molecule has 0 heterocycles. The molecule has 1 N–H and O–H groups in total. The van der Waals surface area contributed by atoms with E-state index < -0.39 is 5.60 Å². The van der Waals surface area contributed by atoms with Crippen LogP contribution in [0.3, 0.4) is 0 Å². The maximum absolute atomic E-state index is 10.7. The van der Waals surface area contributed by atoms with E-state index in [2.05, 4.69) is 25.7 Å². The molecule has 0 bridgehead atoms. The molecule has 2 heteroatoms. The number of ketones is 1. The van der Waals surface area contributed by atoms with Crippen LogP contribution in [-0.4, -0.2) is 16.5 Å². The third-order valence-electron chi connectivity index (χ3n) is 3.38. The average Bonchev–Trinajstić information content (AvgIpc) is 2.16. The number of carbonyl (C=O) groups is 1. The van der Waals surface area contributed by atoms with Crippen LogP contribution in [0, 0.1) is 23.7 Å². The summed E-state index contributed by atoms with van der Waals surface area (Å²) in [6.45, 7) is 5.60. The van der Waals surface area contributed by atoms with Gasteiger partial charge in [0.25, 0.3) is 0 Å². The Morgan fingerprint density at radius 3 is 2.33 bits per heavy atom. The van der Waals surface area contributed by atoms with Gasteiger partial charge >= 0.3 is 0 Å². The van der Waals surface area contributed by atoms with E-state index >= 15 is 0 Å². The predicted molar refractivity (Wildman–Crippen MR) is 60.2 cm³/mol. The van der Waals surface area contributed by atoms with Gasteiger partial charge in [-0.15, -0.1) is 0 Å². The van der Waals surface area contributed by atoms with Crippen molar-refractivity contribution in [1.82, 2.24) is 0 Å². The molecule has 0 aliphatic heterocycles. The zero-order chi connectivity index (χ0) is 11.5. The van der Waals surface area contributed by atoms with E-state index in [9.17, 15) is 9.90 Å². The van der Waals surface area contributed by atoms with Crippen molar-refractivity contribution in [3.05, 3.63) is 0 Å². The Balaban J connectivity index is 2.50. The van der Waals surface area contributed by atoms with Gasteiger partial charge in [-0.3, -0.25) is 4.79 Å². The van der Waals surface area contributed by atoms with Crippen LogP contribution in [0.4, 0.5) is 0 Å². The van der Waals surface area contributed by atoms with Gasteiger partial charge < -0.3 is 5.11 Å². The lowest BCUT2D eigenvalue weighted by molar-refractivity contribution is -0.111. The fourth-order valence-electron chi connectivity index (χ4n) is 2.04. The Morgan fingerprint density at radius 2 is 1.93 bits per heavy atom. The van der Waals surface area contributed by atoms with Gasteiger partial charge in [-0.05, 0) is 37.5 Å². The van der Waals surface area contributed by atoms with Gasteiger partial charge in [-0.1, -0.05) is 19.8 Å². The normalized spacial score (nSPS) is 30.9. The van der Waals surface area contributed by atoms with Crippen molar-refractivity contribution in [1.29, 1.82) is 0 Å². The molecule has 1 fully saturated rings. The minimum absolute atomic E-state index is 0.0697. The molecular weight excluding hydrogens is 188 g/mol. The number of aliphatic hydroxyl groups is 1. The van der Waals surface area contributed by atoms with E-state index in [-0.39, 0.29) is 5.78 Å². The van der Waals surface area contributed by atoms with E-state index in [1.807, 2.05) is 0 Å². The SMILES string of the molecule is CC(=O)C#CC1CCC(O)(C(C)C)CC1. The van der Waals surface area contributed by atoms with Crippen molar-refractivity contribution in [3.8, 4) is 11.8 Å². The van der Waals surface area contributed by atoms with Gasteiger partial charge in [0, 0.05) is 12.8 Å². The molecule has 0 aromatic heterocycles. The quantitative estimate of drug-likeness (QED) is 0.529. The second-order valence-electron chi connectivity index (χ2n) is 4.86. The van der Waals surface area contributed by atoms with Crippen LogP contribution in [-0.2, 0) is 4.79 Å². The van der Waals surface area contributed by atoms with Crippen LogP contribution in [0.2, 0.25) is 0 Å². The summed E-state index contributed by atoms with van der Waals surface area (Å²) in [5.41, 5.74) is -0.506. The third-order valence-corrected chi connectivity index (χ3v) is 3.38. The molecule has 84 valence electrons. The number of carbonyl (C=O) groups excluding carboxylic acids is 1. The van der Waals surface area contributed by atoms with Crippen LogP contribution in [0.15, 0.2) is 0 Å². The Kier molecular flexibility index (Phi) is 3.93. The highest BCUT2D eigenvalue weighted by Gasteiger charge is 2.35. The molecule has 0 aromatic carbocycles. The summed E-state index contributed by atoms with van der Waals surface area (Å²) in [7, 11) is 0. The smallest absolute Gasteiger partial charge is 0.202 e. The molecule has 15 heavy (non-hydrogen) atoms. The lowest BCUT2D eigenvalue weighted by Gasteiger charge is -2.37. The van der Waals surface area contributed by atoms with Crippen molar-refractivity contribution in [3.63, 3.8) is 0 Å². The van der Waals surface area contributed by atoms with Crippen LogP contribution < -0.4 is 0 Å². The Hall–Kier alpha value is -0.810. The molecular formula is C13H20O2. The summed E-state index contributed by atoms with van der Waals surface area (Å²) in [5.74, 6) is 6.12. The summed E-state index contributed by atoms with van der Waals surface area (Å²) in [4.78, 5) is 10.7. The maximum atomic E-state index is 10.7. The first-order valence-electron chi connectivity index (χ1n) is 5.68.